The largest absolute Gasteiger partial charge is 0.325 e. The lowest BCUT2D eigenvalue weighted by molar-refractivity contribution is 0.317. The Morgan fingerprint density at radius 1 is 1.38 bits per heavy atom. The molecule has 0 unspecified atom stereocenters. The van der Waals surface area contributed by atoms with Crippen molar-refractivity contribution in [3.8, 4) is 0 Å². The summed E-state index contributed by atoms with van der Waals surface area (Å²) in [6.07, 6.45) is 0. The molecule has 1 heterocycles. The first-order chi connectivity index (χ1) is 5.94. The van der Waals surface area contributed by atoms with E-state index in [9.17, 15) is 0 Å². The Kier molecular flexibility index (Phi) is 2.71. The molecule has 0 saturated carbocycles. The smallest absolute Gasteiger partial charge is 0.0991 e. The van der Waals surface area contributed by atoms with Crippen LogP contribution >= 0.6 is 0 Å². The molecule has 1 rings (SSSR count). The first-order valence-corrected chi connectivity index (χ1v) is 4.53. The second-order valence-corrected chi connectivity index (χ2v) is 4.54. The molecule has 0 amide bonds. The zero-order chi connectivity index (χ0) is 10.1. The molecule has 1 aromatic rings. The molecule has 0 aromatic carbocycles. The molecular weight excluding hydrogens is 164 g/mol. The standard InChI is InChI=1S/C9H18N4/c1-7-8(5-10)11-12-13(7)6-9(2,3)4/h5-6,10H2,1-4H3. The van der Waals surface area contributed by atoms with Gasteiger partial charge in [-0.05, 0) is 12.3 Å². The Hall–Kier alpha value is -0.900. The van der Waals surface area contributed by atoms with Gasteiger partial charge in [-0.15, -0.1) is 5.10 Å². The van der Waals surface area contributed by atoms with E-state index >= 15 is 0 Å². The van der Waals surface area contributed by atoms with E-state index in [0.29, 0.717) is 6.54 Å². The molecule has 2 N–H and O–H groups in total. The van der Waals surface area contributed by atoms with Gasteiger partial charge in [-0.1, -0.05) is 26.0 Å². The highest BCUT2D eigenvalue weighted by atomic mass is 15.4. The SMILES string of the molecule is Cc1c(CN)nnn1CC(C)(C)C. The van der Waals surface area contributed by atoms with Crippen LogP contribution in [0.4, 0.5) is 0 Å². The quantitative estimate of drug-likeness (QED) is 0.745. The van der Waals surface area contributed by atoms with Gasteiger partial charge in [0.2, 0.25) is 0 Å². The molecule has 0 spiro atoms. The highest BCUT2D eigenvalue weighted by molar-refractivity contribution is 5.07. The van der Waals surface area contributed by atoms with Gasteiger partial charge in [0.05, 0.1) is 11.4 Å². The Balaban J connectivity index is 2.84. The molecule has 0 saturated heterocycles. The van der Waals surface area contributed by atoms with Gasteiger partial charge in [0.15, 0.2) is 0 Å². The Labute approximate surface area is 79.1 Å². The van der Waals surface area contributed by atoms with Crippen LogP contribution in [0.25, 0.3) is 0 Å². The molecule has 13 heavy (non-hydrogen) atoms. The maximum atomic E-state index is 5.51. The summed E-state index contributed by atoms with van der Waals surface area (Å²) in [5.41, 5.74) is 7.71. The van der Waals surface area contributed by atoms with Gasteiger partial charge in [0, 0.05) is 13.1 Å². The molecule has 0 bridgehead atoms. The molecule has 1 aromatic heterocycles. The molecule has 0 aliphatic heterocycles. The summed E-state index contributed by atoms with van der Waals surface area (Å²) in [5, 5.41) is 8.06. The normalized spacial score (nSPS) is 12.1. The number of rotatable bonds is 2. The molecule has 0 atom stereocenters. The summed E-state index contributed by atoms with van der Waals surface area (Å²) < 4.78 is 1.92. The topological polar surface area (TPSA) is 56.7 Å². The summed E-state index contributed by atoms with van der Waals surface area (Å²) in [4.78, 5) is 0. The van der Waals surface area contributed by atoms with Crippen molar-refractivity contribution in [2.24, 2.45) is 11.1 Å². The second-order valence-electron chi connectivity index (χ2n) is 4.54. The maximum absolute atomic E-state index is 5.51. The van der Waals surface area contributed by atoms with Crippen LogP contribution in [0.5, 0.6) is 0 Å². The number of hydrogen-bond acceptors (Lipinski definition) is 3. The van der Waals surface area contributed by atoms with Gasteiger partial charge < -0.3 is 5.73 Å². The predicted octanol–water partition coefficient (Wildman–Crippen LogP) is 1.09. The fraction of sp³-hybridized carbons (Fsp3) is 0.778. The summed E-state index contributed by atoms with van der Waals surface area (Å²) in [6, 6.07) is 0. The average molecular weight is 182 g/mol. The fourth-order valence-corrected chi connectivity index (χ4v) is 1.18. The summed E-state index contributed by atoms with van der Waals surface area (Å²) >= 11 is 0. The highest BCUT2D eigenvalue weighted by Crippen LogP contribution is 2.17. The van der Waals surface area contributed by atoms with Crippen molar-refractivity contribution >= 4 is 0 Å². The lowest BCUT2D eigenvalue weighted by Crippen LogP contribution is -2.17. The minimum atomic E-state index is 0.227. The number of nitrogens with zero attached hydrogens (tertiary/aromatic N) is 3. The van der Waals surface area contributed by atoms with E-state index < -0.39 is 0 Å². The van der Waals surface area contributed by atoms with Gasteiger partial charge in [0.1, 0.15) is 0 Å². The van der Waals surface area contributed by atoms with Crippen LogP contribution in [-0.4, -0.2) is 15.0 Å². The van der Waals surface area contributed by atoms with Crippen LogP contribution in [0.1, 0.15) is 32.2 Å². The molecule has 4 nitrogen and oxygen atoms in total. The Morgan fingerprint density at radius 2 is 2.00 bits per heavy atom. The van der Waals surface area contributed by atoms with Crippen molar-refractivity contribution in [3.05, 3.63) is 11.4 Å². The van der Waals surface area contributed by atoms with E-state index in [4.69, 9.17) is 5.73 Å². The van der Waals surface area contributed by atoms with Crippen LogP contribution in [0.2, 0.25) is 0 Å². The third-order valence-electron chi connectivity index (χ3n) is 1.90. The summed E-state index contributed by atoms with van der Waals surface area (Å²) in [7, 11) is 0. The van der Waals surface area contributed by atoms with Crippen LogP contribution < -0.4 is 5.73 Å². The van der Waals surface area contributed by atoms with Crippen molar-refractivity contribution in [1.29, 1.82) is 0 Å². The lowest BCUT2D eigenvalue weighted by Gasteiger charge is -2.18. The van der Waals surface area contributed by atoms with Crippen molar-refractivity contribution in [2.45, 2.75) is 40.8 Å². The van der Waals surface area contributed by atoms with E-state index in [1.54, 1.807) is 0 Å². The minimum absolute atomic E-state index is 0.227. The molecule has 4 heteroatoms. The van der Waals surface area contributed by atoms with E-state index in [1.807, 2.05) is 11.6 Å². The highest BCUT2D eigenvalue weighted by Gasteiger charge is 2.15. The Bertz CT molecular complexity index is 282. The van der Waals surface area contributed by atoms with E-state index in [2.05, 4.69) is 31.1 Å². The van der Waals surface area contributed by atoms with Crippen LogP contribution in [0.15, 0.2) is 0 Å². The number of aromatic nitrogens is 3. The molecular formula is C9H18N4. The first kappa shape index (κ1) is 10.2. The maximum Gasteiger partial charge on any atom is 0.0991 e. The predicted molar refractivity (Wildman–Crippen MR) is 52.1 cm³/mol. The molecule has 0 aliphatic rings. The van der Waals surface area contributed by atoms with Crippen LogP contribution in [-0.2, 0) is 13.1 Å². The zero-order valence-corrected chi connectivity index (χ0v) is 8.83. The third kappa shape index (κ3) is 2.52. The second kappa shape index (κ2) is 3.46. The van der Waals surface area contributed by atoms with Gasteiger partial charge >= 0.3 is 0 Å². The van der Waals surface area contributed by atoms with Crippen molar-refractivity contribution in [1.82, 2.24) is 15.0 Å². The van der Waals surface area contributed by atoms with Crippen molar-refractivity contribution in [2.75, 3.05) is 0 Å². The van der Waals surface area contributed by atoms with Gasteiger partial charge in [-0.2, -0.15) is 0 Å². The average Bonchev–Trinajstić information content (AvgIpc) is 2.30. The summed E-state index contributed by atoms with van der Waals surface area (Å²) in [5.74, 6) is 0. The first-order valence-electron chi connectivity index (χ1n) is 4.53. The van der Waals surface area contributed by atoms with E-state index in [-0.39, 0.29) is 5.41 Å². The molecule has 0 radical (unpaired) electrons. The molecule has 74 valence electrons. The van der Waals surface area contributed by atoms with Crippen LogP contribution in [0.3, 0.4) is 0 Å². The summed E-state index contributed by atoms with van der Waals surface area (Å²) in [6.45, 7) is 9.89. The Morgan fingerprint density at radius 3 is 2.38 bits per heavy atom. The van der Waals surface area contributed by atoms with Gasteiger partial charge in [0.25, 0.3) is 0 Å². The van der Waals surface area contributed by atoms with E-state index in [0.717, 1.165) is 17.9 Å². The minimum Gasteiger partial charge on any atom is -0.325 e. The van der Waals surface area contributed by atoms with Crippen molar-refractivity contribution < 1.29 is 0 Å². The van der Waals surface area contributed by atoms with Crippen molar-refractivity contribution in [3.63, 3.8) is 0 Å². The monoisotopic (exact) mass is 182 g/mol. The third-order valence-corrected chi connectivity index (χ3v) is 1.90. The lowest BCUT2D eigenvalue weighted by atomic mass is 9.97. The van der Waals surface area contributed by atoms with Crippen LogP contribution in [0, 0.1) is 12.3 Å². The number of nitrogens with two attached hydrogens (primary N) is 1. The number of hydrogen-bond donors (Lipinski definition) is 1. The zero-order valence-electron chi connectivity index (χ0n) is 8.83. The van der Waals surface area contributed by atoms with E-state index in [1.165, 1.54) is 0 Å². The van der Waals surface area contributed by atoms with Gasteiger partial charge in [-0.3, -0.25) is 0 Å². The van der Waals surface area contributed by atoms with Gasteiger partial charge in [-0.25, -0.2) is 4.68 Å². The fourth-order valence-electron chi connectivity index (χ4n) is 1.18. The molecule has 0 fully saturated rings. The molecule has 0 aliphatic carbocycles.